The Labute approximate surface area is 186 Å². The van der Waals surface area contributed by atoms with Crippen LogP contribution in [-0.2, 0) is 20.9 Å². The number of halogens is 1. The number of ether oxygens (including phenoxy) is 1. The average Bonchev–Trinajstić information content (AvgIpc) is 2.88. The topological polar surface area (TPSA) is 88.6 Å². The summed E-state index contributed by atoms with van der Waals surface area (Å²) in [5, 5.41) is 3.99. The molecule has 164 valence electrons. The number of benzene rings is 1. The predicted molar refractivity (Wildman–Crippen MR) is 116 cm³/mol. The van der Waals surface area contributed by atoms with Crippen molar-refractivity contribution in [1.29, 1.82) is 0 Å². The van der Waals surface area contributed by atoms with Crippen LogP contribution in [0.5, 0.6) is 0 Å². The highest BCUT2D eigenvalue weighted by molar-refractivity contribution is 6.30. The number of pyridine rings is 1. The highest BCUT2D eigenvalue weighted by atomic mass is 35.5. The van der Waals surface area contributed by atoms with E-state index in [4.69, 9.17) is 16.3 Å². The van der Waals surface area contributed by atoms with Crippen molar-refractivity contribution in [2.45, 2.75) is 52.2 Å². The summed E-state index contributed by atoms with van der Waals surface area (Å²) in [4.78, 5) is 43.4. The van der Waals surface area contributed by atoms with E-state index in [1.165, 1.54) is 0 Å². The minimum Gasteiger partial charge on any atom is -0.459 e. The van der Waals surface area contributed by atoms with Crippen LogP contribution in [0, 0.1) is 11.3 Å². The quantitative estimate of drug-likeness (QED) is 0.437. The Morgan fingerprint density at radius 2 is 2.03 bits per heavy atom. The summed E-state index contributed by atoms with van der Waals surface area (Å²) in [7, 11) is 0. The van der Waals surface area contributed by atoms with Gasteiger partial charge in [-0.2, -0.15) is 0 Å². The van der Waals surface area contributed by atoms with Crippen LogP contribution >= 0.6 is 11.6 Å². The first-order valence-electron chi connectivity index (χ1n) is 10.4. The average molecular weight is 444 g/mol. The van der Waals surface area contributed by atoms with Crippen molar-refractivity contribution >= 4 is 40.4 Å². The molecule has 2 fully saturated rings. The van der Waals surface area contributed by atoms with Gasteiger partial charge < -0.3 is 10.1 Å². The number of amides is 3. The first kappa shape index (κ1) is 21.6. The highest BCUT2D eigenvalue weighted by Gasteiger charge is 2.56. The van der Waals surface area contributed by atoms with Gasteiger partial charge in [0.05, 0.1) is 5.52 Å². The number of carbonyl (C=O) groups is 3. The van der Waals surface area contributed by atoms with E-state index in [1.807, 2.05) is 30.3 Å². The smallest absolute Gasteiger partial charge is 0.326 e. The van der Waals surface area contributed by atoms with Crippen LogP contribution < -0.4 is 5.32 Å². The zero-order valence-corrected chi connectivity index (χ0v) is 18.7. The van der Waals surface area contributed by atoms with Crippen molar-refractivity contribution in [3.05, 3.63) is 41.0 Å². The van der Waals surface area contributed by atoms with E-state index >= 15 is 0 Å². The number of nitrogens with zero attached hydrogens (tertiary/aromatic N) is 2. The summed E-state index contributed by atoms with van der Waals surface area (Å²) < 4.78 is 5.32. The van der Waals surface area contributed by atoms with Gasteiger partial charge in [-0.15, -0.1) is 0 Å². The number of urea groups is 1. The van der Waals surface area contributed by atoms with Crippen LogP contribution in [0.2, 0.25) is 5.15 Å². The lowest BCUT2D eigenvalue weighted by molar-refractivity contribution is -0.149. The molecule has 0 unspecified atom stereocenters. The van der Waals surface area contributed by atoms with Crippen molar-refractivity contribution in [1.82, 2.24) is 15.2 Å². The molecule has 1 saturated carbocycles. The maximum absolute atomic E-state index is 13.1. The summed E-state index contributed by atoms with van der Waals surface area (Å²) >= 11 is 6.21. The van der Waals surface area contributed by atoms with Crippen molar-refractivity contribution in [2.75, 3.05) is 6.54 Å². The summed E-state index contributed by atoms with van der Waals surface area (Å²) in [6, 6.07) is 8.75. The van der Waals surface area contributed by atoms with Crippen molar-refractivity contribution < 1.29 is 19.1 Å². The third kappa shape index (κ3) is 4.24. The molecule has 1 aromatic carbocycles. The fourth-order valence-corrected chi connectivity index (χ4v) is 5.42. The lowest BCUT2D eigenvalue weighted by Crippen LogP contribution is -2.54. The molecule has 1 N–H and O–H groups in total. The maximum atomic E-state index is 13.1. The van der Waals surface area contributed by atoms with E-state index in [1.54, 1.807) is 0 Å². The molecule has 1 aliphatic heterocycles. The second kappa shape index (κ2) is 7.79. The van der Waals surface area contributed by atoms with Gasteiger partial charge in [-0.25, -0.2) is 9.78 Å². The first-order valence-corrected chi connectivity index (χ1v) is 10.8. The molecule has 1 aliphatic carbocycles. The molecule has 1 saturated heterocycles. The van der Waals surface area contributed by atoms with Gasteiger partial charge in [0.25, 0.3) is 5.91 Å². The Hall–Kier alpha value is -2.67. The maximum Gasteiger partial charge on any atom is 0.326 e. The SMILES string of the molecule is C[C@@H]1CC(C)(C)C[C@]2(C1)NC(=O)N(CC(=O)OCc1cc3ccccc3nc1Cl)C2=O. The van der Waals surface area contributed by atoms with Crippen molar-refractivity contribution in [2.24, 2.45) is 11.3 Å². The Morgan fingerprint density at radius 3 is 2.77 bits per heavy atom. The largest absolute Gasteiger partial charge is 0.459 e. The minimum absolute atomic E-state index is 0.0725. The van der Waals surface area contributed by atoms with Crippen LogP contribution in [0.3, 0.4) is 0 Å². The van der Waals surface area contributed by atoms with E-state index in [0.717, 1.165) is 22.2 Å². The minimum atomic E-state index is -0.940. The lowest BCUT2D eigenvalue weighted by Gasteiger charge is -2.43. The fraction of sp³-hybridized carbons (Fsp3) is 0.478. The number of fused-ring (bicyclic) bond motifs is 1. The van der Waals surface area contributed by atoms with Gasteiger partial charge in [-0.3, -0.25) is 14.5 Å². The zero-order chi connectivity index (χ0) is 22.4. The van der Waals surface area contributed by atoms with Crippen LogP contribution in [-0.4, -0.2) is 39.9 Å². The lowest BCUT2D eigenvalue weighted by atomic mass is 9.64. The van der Waals surface area contributed by atoms with Gasteiger partial charge in [-0.05, 0) is 42.7 Å². The van der Waals surface area contributed by atoms with Crippen molar-refractivity contribution in [3.8, 4) is 0 Å². The molecule has 4 rings (SSSR count). The van der Waals surface area contributed by atoms with Gasteiger partial charge in [0.2, 0.25) is 0 Å². The Kier molecular flexibility index (Phi) is 5.41. The fourth-order valence-electron chi connectivity index (χ4n) is 5.22. The van der Waals surface area contributed by atoms with E-state index < -0.39 is 24.1 Å². The standard InChI is InChI=1S/C23H26ClN3O4/c1-14-9-22(2,3)13-23(10-14)20(29)27(21(30)26-23)11-18(28)31-12-16-8-15-6-4-5-7-17(15)25-19(16)24/h4-8,14H,9-13H2,1-3H3,(H,26,30)/t14-,23+/m1/s1. The second-order valence-corrected chi connectivity index (χ2v) is 9.91. The number of para-hydroxylation sites is 1. The number of nitrogens with one attached hydrogen (secondary N) is 1. The highest BCUT2D eigenvalue weighted by Crippen LogP contribution is 2.46. The summed E-state index contributed by atoms with van der Waals surface area (Å²) in [5.74, 6) is -0.727. The Bertz CT molecular complexity index is 1070. The molecular weight excluding hydrogens is 418 g/mol. The number of rotatable bonds is 4. The number of esters is 1. The van der Waals surface area contributed by atoms with E-state index in [9.17, 15) is 14.4 Å². The molecule has 2 aliphatic rings. The molecule has 7 nitrogen and oxygen atoms in total. The van der Waals surface area contributed by atoms with Crippen LogP contribution in [0.15, 0.2) is 30.3 Å². The molecule has 2 aromatic rings. The van der Waals surface area contributed by atoms with Crippen LogP contribution in [0.1, 0.15) is 45.6 Å². The summed E-state index contributed by atoms with van der Waals surface area (Å²) in [5.41, 5.74) is 0.295. The number of hydrogen-bond donors (Lipinski definition) is 1. The predicted octanol–water partition coefficient (Wildman–Crippen LogP) is 4.07. The number of imide groups is 1. The summed E-state index contributed by atoms with van der Waals surface area (Å²) in [6.45, 7) is 5.76. The third-order valence-corrected chi connectivity index (χ3v) is 6.38. The normalized spacial score (nSPS) is 25.2. The van der Waals surface area contributed by atoms with E-state index in [2.05, 4.69) is 31.1 Å². The molecular formula is C23H26ClN3O4. The zero-order valence-electron chi connectivity index (χ0n) is 17.9. The number of carbonyl (C=O) groups excluding carboxylic acids is 3. The molecule has 8 heteroatoms. The Balaban J connectivity index is 1.43. The Morgan fingerprint density at radius 1 is 1.29 bits per heavy atom. The first-order chi connectivity index (χ1) is 14.6. The van der Waals surface area contributed by atoms with Crippen LogP contribution in [0.4, 0.5) is 4.79 Å². The molecule has 2 heterocycles. The van der Waals surface area contributed by atoms with Gasteiger partial charge >= 0.3 is 12.0 Å². The molecule has 3 amide bonds. The number of hydrogen-bond acceptors (Lipinski definition) is 5. The van der Waals surface area contributed by atoms with Gasteiger partial charge in [-0.1, -0.05) is 50.6 Å². The number of aromatic nitrogens is 1. The third-order valence-electron chi connectivity index (χ3n) is 6.05. The molecule has 0 radical (unpaired) electrons. The van der Waals surface area contributed by atoms with Gasteiger partial charge in [0.1, 0.15) is 23.8 Å². The second-order valence-electron chi connectivity index (χ2n) is 9.55. The molecule has 1 spiro atoms. The molecule has 31 heavy (non-hydrogen) atoms. The molecule has 0 bridgehead atoms. The molecule has 1 aromatic heterocycles. The van der Waals surface area contributed by atoms with Gasteiger partial charge in [0.15, 0.2) is 0 Å². The van der Waals surface area contributed by atoms with E-state index in [0.29, 0.717) is 24.3 Å². The molecule has 2 atom stereocenters. The van der Waals surface area contributed by atoms with Crippen molar-refractivity contribution in [3.63, 3.8) is 0 Å². The summed E-state index contributed by atoms with van der Waals surface area (Å²) in [6.07, 6.45) is 2.12. The monoisotopic (exact) mass is 443 g/mol. The van der Waals surface area contributed by atoms with Crippen LogP contribution in [0.25, 0.3) is 10.9 Å². The van der Waals surface area contributed by atoms with E-state index in [-0.39, 0.29) is 23.1 Å². The van der Waals surface area contributed by atoms with Gasteiger partial charge in [0, 0.05) is 10.9 Å².